The molecular weight excluding hydrogens is 443 g/mol. The van der Waals surface area contributed by atoms with Crippen molar-refractivity contribution in [3.8, 4) is 11.5 Å². The first-order chi connectivity index (χ1) is 15.7. The summed E-state index contributed by atoms with van der Waals surface area (Å²) in [6, 6.07) is 7.16. The zero-order chi connectivity index (χ0) is 24.0. The van der Waals surface area contributed by atoms with E-state index in [9.17, 15) is 22.8 Å². The number of alkyl halides is 3. The van der Waals surface area contributed by atoms with E-state index in [1.165, 1.54) is 20.3 Å². The van der Waals surface area contributed by atoms with Crippen LogP contribution in [0.25, 0.3) is 0 Å². The van der Waals surface area contributed by atoms with Crippen molar-refractivity contribution in [3.63, 3.8) is 0 Å². The third kappa shape index (κ3) is 6.27. The molecule has 3 rings (SSSR count). The average molecular weight is 467 g/mol. The summed E-state index contributed by atoms with van der Waals surface area (Å²) in [4.78, 5) is 30.2. The summed E-state index contributed by atoms with van der Waals surface area (Å²) < 4.78 is 53.5. The van der Waals surface area contributed by atoms with Crippen molar-refractivity contribution in [2.24, 2.45) is 5.92 Å². The van der Waals surface area contributed by atoms with Crippen molar-refractivity contribution < 1.29 is 37.0 Å². The Morgan fingerprint density at radius 1 is 1.09 bits per heavy atom. The minimum atomic E-state index is -4.44. The molecule has 0 spiro atoms. The summed E-state index contributed by atoms with van der Waals surface area (Å²) in [7, 11) is 2.98. The van der Waals surface area contributed by atoms with Gasteiger partial charge in [-0.25, -0.2) is 4.98 Å². The molecular formula is C22H24F3N3O5. The lowest BCUT2D eigenvalue weighted by molar-refractivity contribution is -0.152. The molecule has 11 heteroatoms. The fourth-order valence-electron chi connectivity index (χ4n) is 3.45. The van der Waals surface area contributed by atoms with Crippen molar-refractivity contribution in [1.82, 2.24) is 4.98 Å². The number of halogens is 3. The van der Waals surface area contributed by atoms with E-state index >= 15 is 0 Å². The van der Waals surface area contributed by atoms with Crippen LogP contribution in [0.5, 0.6) is 11.5 Å². The van der Waals surface area contributed by atoms with Gasteiger partial charge < -0.3 is 24.4 Å². The Balaban J connectivity index is 1.45. The van der Waals surface area contributed by atoms with E-state index in [0.29, 0.717) is 48.9 Å². The third-order valence-corrected chi connectivity index (χ3v) is 5.24. The summed E-state index contributed by atoms with van der Waals surface area (Å²) >= 11 is 0. The quantitative estimate of drug-likeness (QED) is 0.624. The van der Waals surface area contributed by atoms with Gasteiger partial charge in [0, 0.05) is 31.0 Å². The summed E-state index contributed by atoms with van der Waals surface area (Å²) in [5, 5.41) is 2.62. The fraction of sp³-hybridized carbons (Fsp3) is 0.409. The predicted octanol–water partition coefficient (Wildman–Crippen LogP) is 3.52. The number of hydrogen-bond acceptors (Lipinski definition) is 7. The van der Waals surface area contributed by atoms with Gasteiger partial charge in [-0.3, -0.25) is 9.59 Å². The highest BCUT2D eigenvalue weighted by atomic mass is 19.4. The Hall–Kier alpha value is -3.50. The molecule has 0 bridgehead atoms. The molecule has 1 aliphatic heterocycles. The van der Waals surface area contributed by atoms with Crippen LogP contribution in [0.1, 0.15) is 18.4 Å². The summed E-state index contributed by atoms with van der Waals surface area (Å²) in [5.74, 6) is -0.00509. The topological polar surface area (TPSA) is 90.0 Å². The second kappa shape index (κ2) is 10.4. The number of pyridine rings is 1. The maximum atomic E-state index is 12.7. The molecule has 1 aliphatic rings. The minimum absolute atomic E-state index is 0.399. The zero-order valence-electron chi connectivity index (χ0n) is 18.1. The number of anilines is 2. The Labute approximate surface area is 188 Å². The van der Waals surface area contributed by atoms with Crippen LogP contribution >= 0.6 is 0 Å². The molecule has 1 N–H and O–H groups in total. The molecule has 1 aromatic carbocycles. The first-order valence-electron chi connectivity index (χ1n) is 10.2. The lowest BCUT2D eigenvalue weighted by Gasteiger charge is -2.31. The number of nitrogens with zero attached hydrogens (tertiary/aromatic N) is 2. The maximum Gasteiger partial charge on any atom is 0.417 e. The Bertz CT molecular complexity index is 974. The lowest BCUT2D eigenvalue weighted by atomic mass is 9.97. The second-order valence-electron chi connectivity index (χ2n) is 7.39. The number of esters is 1. The second-order valence-corrected chi connectivity index (χ2v) is 7.39. The van der Waals surface area contributed by atoms with Gasteiger partial charge in [0.15, 0.2) is 18.1 Å². The van der Waals surface area contributed by atoms with Gasteiger partial charge in [-0.1, -0.05) is 0 Å². The molecule has 178 valence electrons. The minimum Gasteiger partial charge on any atom is -0.493 e. The SMILES string of the molecule is COc1ccc(NC(=O)COC(=O)C2CCN(c3ccc(C(F)(F)F)cn3)CC2)cc1OC. The smallest absolute Gasteiger partial charge is 0.417 e. The standard InChI is InChI=1S/C22H24F3N3O5/c1-31-17-5-4-16(11-18(17)32-2)27-20(29)13-33-21(30)14-7-9-28(10-8-14)19-6-3-15(12-26-19)22(23,24)25/h3-6,11-12,14H,7-10,13H2,1-2H3,(H,27,29). The summed E-state index contributed by atoms with van der Waals surface area (Å²) in [6.45, 7) is 0.444. The van der Waals surface area contributed by atoms with Crippen LogP contribution in [0.2, 0.25) is 0 Å². The Kier molecular flexibility index (Phi) is 7.62. The molecule has 2 heterocycles. The predicted molar refractivity (Wildman–Crippen MR) is 113 cm³/mol. The Morgan fingerprint density at radius 2 is 1.79 bits per heavy atom. The van der Waals surface area contributed by atoms with Crippen LogP contribution in [0.4, 0.5) is 24.7 Å². The molecule has 1 amide bonds. The average Bonchev–Trinajstić information content (AvgIpc) is 2.82. The van der Waals surface area contributed by atoms with E-state index in [-0.39, 0.29) is 0 Å². The van der Waals surface area contributed by atoms with E-state index in [2.05, 4.69) is 10.3 Å². The fourth-order valence-corrected chi connectivity index (χ4v) is 3.45. The number of rotatable bonds is 7. The number of benzene rings is 1. The first kappa shape index (κ1) is 24.1. The van der Waals surface area contributed by atoms with Gasteiger partial charge in [0.1, 0.15) is 5.82 Å². The molecule has 0 saturated carbocycles. The van der Waals surface area contributed by atoms with Crippen LogP contribution in [0.3, 0.4) is 0 Å². The molecule has 1 aromatic heterocycles. The first-order valence-corrected chi connectivity index (χ1v) is 10.2. The van der Waals surface area contributed by atoms with E-state index in [0.717, 1.165) is 12.3 Å². The molecule has 33 heavy (non-hydrogen) atoms. The molecule has 2 aromatic rings. The van der Waals surface area contributed by atoms with Crippen molar-refractivity contribution >= 4 is 23.4 Å². The number of hydrogen-bond donors (Lipinski definition) is 1. The molecule has 8 nitrogen and oxygen atoms in total. The molecule has 0 unspecified atom stereocenters. The van der Waals surface area contributed by atoms with E-state index in [1.807, 2.05) is 4.90 Å². The van der Waals surface area contributed by atoms with Crippen molar-refractivity contribution in [1.29, 1.82) is 0 Å². The van der Waals surface area contributed by atoms with Crippen LogP contribution < -0.4 is 19.7 Å². The van der Waals surface area contributed by atoms with E-state index < -0.39 is 36.1 Å². The number of aromatic nitrogens is 1. The number of amides is 1. The number of nitrogens with one attached hydrogen (secondary N) is 1. The lowest BCUT2D eigenvalue weighted by Crippen LogP contribution is -2.38. The van der Waals surface area contributed by atoms with Crippen LogP contribution in [-0.4, -0.2) is 50.8 Å². The molecule has 1 fully saturated rings. The van der Waals surface area contributed by atoms with Gasteiger partial charge in [-0.2, -0.15) is 13.2 Å². The van der Waals surface area contributed by atoms with Gasteiger partial charge in [-0.15, -0.1) is 0 Å². The van der Waals surface area contributed by atoms with Crippen molar-refractivity contribution in [3.05, 3.63) is 42.1 Å². The maximum absolute atomic E-state index is 12.7. The number of methoxy groups -OCH3 is 2. The van der Waals surface area contributed by atoms with E-state index in [4.69, 9.17) is 14.2 Å². The largest absolute Gasteiger partial charge is 0.493 e. The van der Waals surface area contributed by atoms with Gasteiger partial charge in [-0.05, 0) is 37.1 Å². The van der Waals surface area contributed by atoms with E-state index in [1.54, 1.807) is 18.2 Å². The normalized spacial score (nSPS) is 14.5. The Morgan fingerprint density at radius 3 is 2.36 bits per heavy atom. The molecule has 0 aliphatic carbocycles. The number of carbonyl (C=O) groups is 2. The summed E-state index contributed by atoms with van der Waals surface area (Å²) in [5.41, 5.74) is -0.345. The van der Waals surface area contributed by atoms with Gasteiger partial charge in [0.25, 0.3) is 5.91 Å². The highest BCUT2D eigenvalue weighted by Crippen LogP contribution is 2.31. The van der Waals surface area contributed by atoms with Crippen molar-refractivity contribution in [2.75, 3.05) is 44.1 Å². The third-order valence-electron chi connectivity index (χ3n) is 5.24. The van der Waals surface area contributed by atoms with Crippen LogP contribution in [-0.2, 0) is 20.5 Å². The molecule has 1 saturated heterocycles. The number of ether oxygens (including phenoxy) is 3. The highest BCUT2D eigenvalue weighted by Gasteiger charge is 2.31. The zero-order valence-corrected chi connectivity index (χ0v) is 18.1. The van der Waals surface area contributed by atoms with Crippen LogP contribution in [0.15, 0.2) is 36.5 Å². The monoisotopic (exact) mass is 467 g/mol. The molecule has 0 radical (unpaired) electrons. The van der Waals surface area contributed by atoms with Gasteiger partial charge in [0.2, 0.25) is 0 Å². The van der Waals surface area contributed by atoms with Gasteiger partial charge in [0.05, 0.1) is 25.7 Å². The number of piperidine rings is 1. The number of carbonyl (C=O) groups excluding carboxylic acids is 2. The highest BCUT2D eigenvalue weighted by molar-refractivity contribution is 5.93. The van der Waals surface area contributed by atoms with Crippen LogP contribution in [0, 0.1) is 5.92 Å². The molecule has 0 atom stereocenters. The summed E-state index contributed by atoms with van der Waals surface area (Å²) in [6.07, 6.45) is -2.75. The van der Waals surface area contributed by atoms with Crippen molar-refractivity contribution in [2.45, 2.75) is 19.0 Å². The van der Waals surface area contributed by atoms with Gasteiger partial charge >= 0.3 is 12.1 Å².